The van der Waals surface area contributed by atoms with E-state index in [1.807, 2.05) is 18.4 Å². The summed E-state index contributed by atoms with van der Waals surface area (Å²) in [7, 11) is 0. The van der Waals surface area contributed by atoms with Gasteiger partial charge in [-0.15, -0.1) is 17.9 Å². The molecule has 0 saturated heterocycles. The summed E-state index contributed by atoms with van der Waals surface area (Å²) in [5.74, 6) is -1.49. The molecule has 98 valence electrons. The molecular formula is C12H16N2O3S. The minimum absolute atomic E-state index is 0.0156. The third-order valence-electron chi connectivity index (χ3n) is 2.27. The van der Waals surface area contributed by atoms with Crippen LogP contribution < -0.4 is 10.6 Å². The van der Waals surface area contributed by atoms with Crippen LogP contribution in [0.5, 0.6) is 0 Å². The van der Waals surface area contributed by atoms with Gasteiger partial charge in [0.25, 0.3) is 0 Å². The number of aliphatic hydroxyl groups excluding tert-OH is 1. The van der Waals surface area contributed by atoms with Crippen molar-refractivity contribution in [1.82, 2.24) is 10.6 Å². The van der Waals surface area contributed by atoms with Gasteiger partial charge < -0.3 is 15.7 Å². The largest absolute Gasteiger partial charge is 0.386 e. The van der Waals surface area contributed by atoms with Gasteiger partial charge in [0, 0.05) is 18.0 Å². The maximum absolute atomic E-state index is 11.3. The average Bonchev–Trinajstić information content (AvgIpc) is 2.78. The summed E-state index contributed by atoms with van der Waals surface area (Å²) in [6.45, 7) is 5.56. The van der Waals surface area contributed by atoms with Gasteiger partial charge in [-0.25, -0.2) is 0 Å². The molecule has 1 atom stereocenters. The van der Waals surface area contributed by atoms with E-state index in [0.717, 1.165) is 10.4 Å². The lowest BCUT2D eigenvalue weighted by molar-refractivity contribution is -0.139. The number of thiophene rings is 1. The van der Waals surface area contributed by atoms with E-state index in [9.17, 15) is 14.7 Å². The van der Waals surface area contributed by atoms with Gasteiger partial charge in [-0.1, -0.05) is 6.08 Å². The van der Waals surface area contributed by atoms with Crippen LogP contribution in [0.15, 0.2) is 24.1 Å². The molecule has 0 aliphatic rings. The van der Waals surface area contributed by atoms with Gasteiger partial charge >= 0.3 is 11.8 Å². The number of carbonyl (C=O) groups is 2. The number of carbonyl (C=O) groups excluding carboxylic acids is 2. The second-order valence-electron chi connectivity index (χ2n) is 3.69. The number of aliphatic hydroxyl groups is 1. The zero-order chi connectivity index (χ0) is 13.5. The first-order valence-corrected chi connectivity index (χ1v) is 6.33. The lowest BCUT2D eigenvalue weighted by atomic mass is 10.2. The van der Waals surface area contributed by atoms with Crippen molar-refractivity contribution in [2.75, 3.05) is 13.1 Å². The van der Waals surface area contributed by atoms with Crippen molar-refractivity contribution in [3.63, 3.8) is 0 Å². The number of nitrogens with one attached hydrogen (secondary N) is 2. The fourth-order valence-electron chi connectivity index (χ4n) is 1.33. The minimum atomic E-state index is -0.791. The van der Waals surface area contributed by atoms with Crippen molar-refractivity contribution in [1.29, 1.82) is 0 Å². The highest BCUT2D eigenvalue weighted by Gasteiger charge is 2.16. The predicted molar refractivity (Wildman–Crippen MR) is 70.2 cm³/mol. The van der Waals surface area contributed by atoms with Crippen molar-refractivity contribution in [3.8, 4) is 0 Å². The van der Waals surface area contributed by atoms with E-state index in [1.165, 1.54) is 17.4 Å². The topological polar surface area (TPSA) is 78.4 Å². The predicted octanol–water partition coefficient (Wildman–Crippen LogP) is 0.508. The molecule has 1 unspecified atom stereocenters. The zero-order valence-corrected chi connectivity index (χ0v) is 10.9. The molecular weight excluding hydrogens is 252 g/mol. The number of hydrogen-bond donors (Lipinski definition) is 3. The number of hydrogen-bond acceptors (Lipinski definition) is 4. The van der Waals surface area contributed by atoms with Crippen LogP contribution in [0.4, 0.5) is 0 Å². The van der Waals surface area contributed by atoms with Gasteiger partial charge in [-0.05, 0) is 23.9 Å². The van der Waals surface area contributed by atoms with Crippen LogP contribution in [-0.4, -0.2) is 30.0 Å². The van der Waals surface area contributed by atoms with Crippen LogP contribution in [0, 0.1) is 6.92 Å². The first-order chi connectivity index (χ1) is 8.56. The molecule has 1 aromatic rings. The van der Waals surface area contributed by atoms with Gasteiger partial charge in [0.05, 0.1) is 0 Å². The van der Waals surface area contributed by atoms with Crippen molar-refractivity contribution < 1.29 is 14.7 Å². The van der Waals surface area contributed by atoms with Gasteiger partial charge in [0.1, 0.15) is 6.10 Å². The summed E-state index contributed by atoms with van der Waals surface area (Å²) in [4.78, 5) is 23.4. The fourth-order valence-corrected chi connectivity index (χ4v) is 2.25. The van der Waals surface area contributed by atoms with Gasteiger partial charge in [-0.3, -0.25) is 9.59 Å². The zero-order valence-electron chi connectivity index (χ0n) is 10.1. The average molecular weight is 268 g/mol. The molecule has 0 aromatic carbocycles. The second kappa shape index (κ2) is 6.93. The lowest BCUT2D eigenvalue weighted by Gasteiger charge is -2.11. The summed E-state index contributed by atoms with van der Waals surface area (Å²) in [5, 5.41) is 16.4. The Hall–Kier alpha value is -1.66. The van der Waals surface area contributed by atoms with E-state index in [0.29, 0.717) is 0 Å². The Morgan fingerprint density at radius 1 is 1.50 bits per heavy atom. The summed E-state index contributed by atoms with van der Waals surface area (Å²) in [5.41, 5.74) is 0.970. The third-order valence-corrected chi connectivity index (χ3v) is 3.39. The maximum atomic E-state index is 11.3. The molecule has 0 fully saturated rings. The summed E-state index contributed by atoms with van der Waals surface area (Å²) in [6, 6.07) is 1.89. The van der Waals surface area contributed by atoms with E-state index in [2.05, 4.69) is 17.2 Å². The Morgan fingerprint density at radius 3 is 2.72 bits per heavy atom. The van der Waals surface area contributed by atoms with E-state index in [1.54, 1.807) is 0 Å². The molecule has 1 heterocycles. The van der Waals surface area contributed by atoms with E-state index < -0.39 is 17.9 Å². The molecule has 0 bridgehead atoms. The summed E-state index contributed by atoms with van der Waals surface area (Å²) in [6.07, 6.45) is 0.691. The van der Waals surface area contributed by atoms with Crippen molar-refractivity contribution in [3.05, 3.63) is 34.5 Å². The second-order valence-corrected chi connectivity index (χ2v) is 4.64. The maximum Gasteiger partial charge on any atom is 0.309 e. The first-order valence-electron chi connectivity index (χ1n) is 5.45. The fraction of sp³-hybridized carbons (Fsp3) is 0.333. The number of amides is 2. The van der Waals surface area contributed by atoms with Crippen LogP contribution in [0.2, 0.25) is 0 Å². The third kappa shape index (κ3) is 3.97. The Morgan fingerprint density at radius 2 is 2.17 bits per heavy atom. The van der Waals surface area contributed by atoms with E-state index in [-0.39, 0.29) is 13.1 Å². The molecule has 0 aliphatic carbocycles. The Labute approximate surface area is 110 Å². The van der Waals surface area contributed by atoms with Crippen molar-refractivity contribution >= 4 is 23.2 Å². The van der Waals surface area contributed by atoms with Crippen LogP contribution in [0.3, 0.4) is 0 Å². The highest BCUT2D eigenvalue weighted by atomic mass is 32.1. The van der Waals surface area contributed by atoms with E-state index in [4.69, 9.17) is 0 Å². The van der Waals surface area contributed by atoms with E-state index >= 15 is 0 Å². The molecule has 1 aromatic heterocycles. The molecule has 0 saturated carbocycles. The Kier molecular flexibility index (Phi) is 5.54. The molecule has 6 heteroatoms. The molecule has 0 aliphatic heterocycles. The van der Waals surface area contributed by atoms with Gasteiger partial charge in [-0.2, -0.15) is 0 Å². The smallest absolute Gasteiger partial charge is 0.309 e. The molecule has 1 rings (SSSR count). The van der Waals surface area contributed by atoms with Gasteiger partial charge in [0.2, 0.25) is 0 Å². The highest BCUT2D eigenvalue weighted by molar-refractivity contribution is 7.10. The molecule has 0 spiro atoms. The Bertz CT molecular complexity index is 442. The molecule has 3 N–H and O–H groups in total. The lowest BCUT2D eigenvalue weighted by Crippen LogP contribution is -2.41. The highest BCUT2D eigenvalue weighted by Crippen LogP contribution is 2.22. The normalized spacial score (nSPS) is 11.7. The quantitative estimate of drug-likeness (QED) is 0.538. The molecule has 2 amide bonds. The summed E-state index contributed by atoms with van der Waals surface area (Å²) >= 11 is 1.42. The molecule has 0 radical (unpaired) electrons. The number of aryl methyl sites for hydroxylation is 1. The monoisotopic (exact) mass is 268 g/mol. The first kappa shape index (κ1) is 14.4. The van der Waals surface area contributed by atoms with Crippen LogP contribution in [-0.2, 0) is 9.59 Å². The van der Waals surface area contributed by atoms with Crippen LogP contribution >= 0.6 is 11.3 Å². The minimum Gasteiger partial charge on any atom is -0.386 e. The Balaban J connectivity index is 2.41. The standard InChI is InChI=1S/C12H16N2O3S/c1-3-5-13-11(16)12(17)14-7-9(15)10-8(2)4-6-18-10/h3-4,6,9,15H,1,5,7H2,2H3,(H,13,16)(H,14,17). The van der Waals surface area contributed by atoms with Crippen LogP contribution in [0.25, 0.3) is 0 Å². The SMILES string of the molecule is C=CCNC(=O)C(=O)NCC(O)c1sccc1C. The number of rotatable bonds is 5. The van der Waals surface area contributed by atoms with Crippen molar-refractivity contribution in [2.45, 2.75) is 13.0 Å². The summed E-state index contributed by atoms with van der Waals surface area (Å²) < 4.78 is 0. The van der Waals surface area contributed by atoms with Gasteiger partial charge in [0.15, 0.2) is 0 Å². The molecule has 5 nitrogen and oxygen atoms in total. The van der Waals surface area contributed by atoms with Crippen molar-refractivity contribution in [2.24, 2.45) is 0 Å². The molecule has 18 heavy (non-hydrogen) atoms. The van der Waals surface area contributed by atoms with Crippen LogP contribution in [0.1, 0.15) is 16.5 Å².